The zero-order valence-electron chi connectivity index (χ0n) is 13.1. The van der Waals surface area contributed by atoms with Crippen molar-refractivity contribution < 1.29 is 24.3 Å². The minimum atomic E-state index is -0.836. The van der Waals surface area contributed by atoms with E-state index in [4.69, 9.17) is 15.3 Å². The van der Waals surface area contributed by atoms with Gasteiger partial charge in [-0.25, -0.2) is 9.86 Å². The number of aliphatic hydroxyl groups excluding tert-OH is 1. The first kappa shape index (κ1) is 17.0. The van der Waals surface area contributed by atoms with Gasteiger partial charge < -0.3 is 20.5 Å². The fraction of sp³-hybridized carbons (Fsp3) is 0.467. The predicted molar refractivity (Wildman–Crippen MR) is 81.3 cm³/mol. The molecule has 0 radical (unpaired) electrons. The minimum Gasteiger partial charge on any atom is -0.496 e. The van der Waals surface area contributed by atoms with Gasteiger partial charge in [-0.1, -0.05) is 18.2 Å². The van der Waals surface area contributed by atoms with Gasteiger partial charge in [0, 0.05) is 18.5 Å². The Balaban J connectivity index is 2.16. The summed E-state index contributed by atoms with van der Waals surface area (Å²) in [5.74, 6) is 0.189. The molecule has 23 heavy (non-hydrogen) atoms. The van der Waals surface area contributed by atoms with Gasteiger partial charge in [0.1, 0.15) is 11.8 Å². The Morgan fingerprint density at radius 2 is 2.09 bits per heavy atom. The number of rotatable bonds is 5. The van der Waals surface area contributed by atoms with Crippen molar-refractivity contribution in [1.29, 1.82) is 0 Å². The maximum absolute atomic E-state index is 12.6. The van der Waals surface area contributed by atoms with Crippen molar-refractivity contribution in [3.05, 3.63) is 29.8 Å². The molecule has 0 saturated carbocycles. The van der Waals surface area contributed by atoms with Crippen LogP contribution in [0.1, 0.15) is 12.0 Å². The van der Waals surface area contributed by atoms with Crippen molar-refractivity contribution >= 4 is 11.9 Å². The number of benzene rings is 1. The van der Waals surface area contributed by atoms with Gasteiger partial charge in [0.25, 0.3) is 5.91 Å². The van der Waals surface area contributed by atoms with Gasteiger partial charge in [-0.2, -0.15) is 0 Å². The Labute approximate surface area is 134 Å². The highest BCUT2D eigenvalue weighted by atomic mass is 16.7. The van der Waals surface area contributed by atoms with Crippen molar-refractivity contribution in [2.24, 2.45) is 5.73 Å². The summed E-state index contributed by atoms with van der Waals surface area (Å²) in [4.78, 5) is 30.4. The fourth-order valence-corrected chi connectivity index (χ4v) is 2.68. The highest BCUT2D eigenvalue weighted by Crippen LogP contribution is 2.23. The highest BCUT2D eigenvalue weighted by Gasteiger charge is 2.40. The summed E-state index contributed by atoms with van der Waals surface area (Å²) in [6, 6.07) is 5.66. The molecule has 1 saturated heterocycles. The monoisotopic (exact) mass is 323 g/mol. The lowest BCUT2D eigenvalue weighted by molar-refractivity contribution is -0.183. The Hall–Kier alpha value is -2.32. The number of para-hydroxylation sites is 1. The van der Waals surface area contributed by atoms with Crippen LogP contribution in [-0.4, -0.2) is 59.9 Å². The highest BCUT2D eigenvalue weighted by molar-refractivity contribution is 5.86. The average Bonchev–Trinajstić information content (AvgIpc) is 2.94. The third-order valence-corrected chi connectivity index (χ3v) is 3.82. The van der Waals surface area contributed by atoms with Crippen LogP contribution in [0.3, 0.4) is 0 Å². The second-order valence-corrected chi connectivity index (χ2v) is 5.27. The van der Waals surface area contributed by atoms with E-state index >= 15 is 0 Å². The van der Waals surface area contributed by atoms with E-state index in [0.717, 1.165) is 15.5 Å². The normalized spacial score (nSPS) is 20.4. The molecule has 0 unspecified atom stereocenters. The maximum atomic E-state index is 12.6. The van der Waals surface area contributed by atoms with Gasteiger partial charge >= 0.3 is 6.03 Å². The number of carbonyl (C=O) groups excluding carboxylic acids is 2. The maximum Gasteiger partial charge on any atom is 0.315 e. The lowest BCUT2D eigenvalue weighted by Crippen LogP contribution is -2.49. The van der Waals surface area contributed by atoms with E-state index in [-0.39, 0.29) is 19.5 Å². The van der Waals surface area contributed by atoms with Crippen molar-refractivity contribution in [1.82, 2.24) is 9.96 Å². The third kappa shape index (κ3) is 3.72. The van der Waals surface area contributed by atoms with Crippen LogP contribution in [0.15, 0.2) is 24.3 Å². The van der Waals surface area contributed by atoms with Gasteiger partial charge in [0.2, 0.25) is 0 Å². The number of nitrogens with zero attached hydrogens (tertiary/aromatic N) is 2. The molecule has 2 rings (SSSR count). The van der Waals surface area contributed by atoms with Crippen molar-refractivity contribution in [3.8, 4) is 5.75 Å². The number of carbonyl (C=O) groups is 2. The molecule has 0 spiro atoms. The number of hydrogen-bond donors (Lipinski definition) is 2. The summed E-state index contributed by atoms with van der Waals surface area (Å²) in [6.45, 7) is 0.191. The van der Waals surface area contributed by atoms with Crippen LogP contribution in [0.2, 0.25) is 0 Å². The number of methoxy groups -OCH3 is 1. The molecule has 126 valence electrons. The van der Waals surface area contributed by atoms with Crippen LogP contribution in [0.5, 0.6) is 5.75 Å². The second-order valence-electron chi connectivity index (χ2n) is 5.27. The molecule has 2 atom stereocenters. The first-order valence-electron chi connectivity index (χ1n) is 7.19. The van der Waals surface area contributed by atoms with E-state index in [2.05, 4.69) is 0 Å². The zero-order chi connectivity index (χ0) is 17.0. The van der Waals surface area contributed by atoms with Crippen molar-refractivity contribution in [3.63, 3.8) is 0 Å². The number of hydrogen-bond acceptors (Lipinski definition) is 5. The number of primary amides is 1. The molecule has 0 bridgehead atoms. The Morgan fingerprint density at radius 1 is 1.39 bits per heavy atom. The number of urea groups is 1. The zero-order valence-corrected chi connectivity index (χ0v) is 13.1. The van der Waals surface area contributed by atoms with Crippen molar-refractivity contribution in [2.45, 2.75) is 25.1 Å². The summed E-state index contributed by atoms with van der Waals surface area (Å²) < 4.78 is 5.25. The van der Waals surface area contributed by atoms with Crippen LogP contribution in [0, 0.1) is 0 Å². The molecule has 3 N–H and O–H groups in total. The molecule has 8 nitrogen and oxygen atoms in total. The molecule has 1 fully saturated rings. The number of aliphatic hydroxyl groups is 1. The Kier molecular flexibility index (Phi) is 5.41. The first-order chi connectivity index (χ1) is 11.0. The van der Waals surface area contributed by atoms with Gasteiger partial charge in [0.05, 0.1) is 26.9 Å². The fourth-order valence-electron chi connectivity index (χ4n) is 2.68. The number of β-amino-alcohol motifs (C(OH)–C–C–N with tert-alkyl or cyclic N) is 1. The largest absolute Gasteiger partial charge is 0.496 e. The molecule has 1 aliphatic rings. The Bertz CT molecular complexity index is 580. The lowest BCUT2D eigenvalue weighted by atomic mass is 10.1. The standard InChI is InChI=1S/C15H21N3O5/c1-22-13-6-4-3-5-10(13)8-18(23-2)14(20)12-7-11(19)9-17(12)15(16)21/h3-6,11-12,19H,7-9H2,1-2H3,(H2,16,21)/t11-,12+/m1/s1. The molecule has 0 aliphatic carbocycles. The molecule has 1 aromatic rings. The molecule has 3 amide bonds. The molecule has 1 heterocycles. The first-order valence-corrected chi connectivity index (χ1v) is 7.19. The third-order valence-electron chi connectivity index (χ3n) is 3.82. The van der Waals surface area contributed by atoms with Crippen LogP contribution < -0.4 is 10.5 Å². The van der Waals surface area contributed by atoms with Crippen LogP contribution in [0.4, 0.5) is 4.79 Å². The number of amides is 3. The summed E-state index contributed by atoms with van der Waals surface area (Å²) in [5, 5.41) is 10.8. The van der Waals surface area contributed by atoms with Gasteiger partial charge in [-0.3, -0.25) is 9.63 Å². The number of hydroxylamine groups is 2. The van der Waals surface area contributed by atoms with E-state index in [1.807, 2.05) is 18.2 Å². The minimum absolute atomic E-state index is 0.0396. The second kappa shape index (κ2) is 7.30. The van der Waals surface area contributed by atoms with Gasteiger partial charge in [0.15, 0.2) is 0 Å². The van der Waals surface area contributed by atoms with E-state index in [1.54, 1.807) is 13.2 Å². The van der Waals surface area contributed by atoms with E-state index in [1.165, 1.54) is 7.11 Å². The van der Waals surface area contributed by atoms with E-state index < -0.39 is 24.1 Å². The SMILES string of the molecule is COc1ccccc1CN(OC)C(=O)[C@@H]1C[C@@H](O)CN1C(N)=O. The summed E-state index contributed by atoms with van der Waals surface area (Å²) in [5.41, 5.74) is 6.03. The molecular formula is C15H21N3O5. The summed E-state index contributed by atoms with van der Waals surface area (Å²) in [7, 11) is 2.91. The molecule has 8 heteroatoms. The molecule has 0 aromatic heterocycles. The molecular weight excluding hydrogens is 302 g/mol. The topological polar surface area (TPSA) is 105 Å². The predicted octanol–water partition coefficient (Wildman–Crippen LogP) is 0.0991. The molecule has 1 aliphatic heterocycles. The Morgan fingerprint density at radius 3 is 2.70 bits per heavy atom. The lowest BCUT2D eigenvalue weighted by Gasteiger charge is -2.27. The smallest absolute Gasteiger partial charge is 0.315 e. The average molecular weight is 323 g/mol. The van der Waals surface area contributed by atoms with Crippen LogP contribution in [-0.2, 0) is 16.2 Å². The van der Waals surface area contributed by atoms with Gasteiger partial charge in [-0.15, -0.1) is 0 Å². The number of likely N-dealkylation sites (tertiary alicyclic amines) is 1. The molecule has 1 aromatic carbocycles. The quantitative estimate of drug-likeness (QED) is 0.748. The summed E-state index contributed by atoms with van der Waals surface area (Å²) >= 11 is 0. The summed E-state index contributed by atoms with van der Waals surface area (Å²) in [6.07, 6.45) is -0.644. The van der Waals surface area contributed by atoms with E-state index in [0.29, 0.717) is 5.75 Å². The van der Waals surface area contributed by atoms with Crippen LogP contribution >= 0.6 is 0 Å². The number of ether oxygens (including phenoxy) is 1. The van der Waals surface area contributed by atoms with Crippen LogP contribution in [0.25, 0.3) is 0 Å². The van der Waals surface area contributed by atoms with Gasteiger partial charge in [-0.05, 0) is 6.07 Å². The van der Waals surface area contributed by atoms with Crippen molar-refractivity contribution in [2.75, 3.05) is 20.8 Å². The number of nitrogens with two attached hydrogens (primary N) is 1. The van der Waals surface area contributed by atoms with E-state index in [9.17, 15) is 14.7 Å².